The molecule has 0 radical (unpaired) electrons. The Balaban J connectivity index is 2.27. The van der Waals surface area contributed by atoms with Crippen LogP contribution in [0.25, 0.3) is 0 Å². The molecule has 0 aliphatic heterocycles. The lowest BCUT2D eigenvalue weighted by Crippen LogP contribution is -2.36. The monoisotopic (exact) mass is 241 g/mol. The molecule has 2 nitrogen and oxygen atoms in total. The Kier molecular flexibility index (Phi) is 7.14. The van der Waals surface area contributed by atoms with Gasteiger partial charge in [-0.15, -0.1) is 0 Å². The summed E-state index contributed by atoms with van der Waals surface area (Å²) in [5, 5.41) is 3.52. The maximum atomic E-state index is 6.13. The van der Waals surface area contributed by atoms with E-state index < -0.39 is 0 Å². The molecule has 2 heteroatoms. The first kappa shape index (κ1) is 15.0. The molecule has 1 aliphatic carbocycles. The van der Waals surface area contributed by atoms with E-state index in [1.165, 1.54) is 32.1 Å². The van der Waals surface area contributed by atoms with Gasteiger partial charge in [0.25, 0.3) is 0 Å². The van der Waals surface area contributed by atoms with Crippen LogP contribution in [-0.2, 0) is 4.74 Å². The predicted octanol–water partition coefficient (Wildman–Crippen LogP) is 3.61. The van der Waals surface area contributed by atoms with Gasteiger partial charge in [-0.3, -0.25) is 0 Å². The highest BCUT2D eigenvalue weighted by Crippen LogP contribution is 2.30. The fourth-order valence-corrected chi connectivity index (χ4v) is 3.14. The SMILES string of the molecule is CCCC(COC1CC(C)CC(C)C1)NCC. The Morgan fingerprint density at radius 1 is 1.12 bits per heavy atom. The number of ether oxygens (including phenoxy) is 1. The molecule has 3 atom stereocenters. The van der Waals surface area contributed by atoms with E-state index in [0.717, 1.165) is 25.0 Å². The zero-order valence-electron chi connectivity index (χ0n) is 12.2. The van der Waals surface area contributed by atoms with Crippen LogP contribution in [0.3, 0.4) is 0 Å². The molecule has 1 aliphatic rings. The summed E-state index contributed by atoms with van der Waals surface area (Å²) < 4.78 is 6.13. The van der Waals surface area contributed by atoms with Crippen LogP contribution in [0, 0.1) is 11.8 Å². The fourth-order valence-electron chi connectivity index (χ4n) is 3.14. The second-order valence-corrected chi connectivity index (χ2v) is 5.92. The van der Waals surface area contributed by atoms with Crippen LogP contribution in [0.4, 0.5) is 0 Å². The first-order valence-electron chi connectivity index (χ1n) is 7.50. The Labute approximate surface area is 108 Å². The summed E-state index contributed by atoms with van der Waals surface area (Å²) in [6.45, 7) is 11.1. The summed E-state index contributed by atoms with van der Waals surface area (Å²) in [6.07, 6.45) is 6.87. The normalized spacial score (nSPS) is 31.4. The number of rotatable bonds is 7. The molecule has 0 aromatic carbocycles. The van der Waals surface area contributed by atoms with Gasteiger partial charge in [-0.05, 0) is 44.1 Å². The molecule has 0 amide bonds. The third-order valence-corrected chi connectivity index (χ3v) is 3.80. The van der Waals surface area contributed by atoms with Crippen molar-refractivity contribution in [2.45, 2.75) is 71.9 Å². The molecule has 3 unspecified atom stereocenters. The second-order valence-electron chi connectivity index (χ2n) is 5.92. The van der Waals surface area contributed by atoms with E-state index in [1.807, 2.05) is 0 Å². The molecule has 17 heavy (non-hydrogen) atoms. The van der Waals surface area contributed by atoms with Gasteiger partial charge in [0, 0.05) is 6.04 Å². The molecule has 1 N–H and O–H groups in total. The van der Waals surface area contributed by atoms with Crippen molar-refractivity contribution in [1.29, 1.82) is 0 Å². The van der Waals surface area contributed by atoms with Crippen molar-refractivity contribution in [2.24, 2.45) is 11.8 Å². The van der Waals surface area contributed by atoms with Gasteiger partial charge in [-0.1, -0.05) is 34.1 Å². The quantitative estimate of drug-likeness (QED) is 0.735. The molecule has 102 valence electrons. The minimum Gasteiger partial charge on any atom is -0.377 e. The fraction of sp³-hybridized carbons (Fsp3) is 1.00. The van der Waals surface area contributed by atoms with Gasteiger partial charge in [-0.25, -0.2) is 0 Å². The molecule has 0 aromatic rings. The van der Waals surface area contributed by atoms with Gasteiger partial charge < -0.3 is 10.1 Å². The minimum atomic E-state index is 0.506. The van der Waals surface area contributed by atoms with Crippen LogP contribution in [0.15, 0.2) is 0 Å². The summed E-state index contributed by atoms with van der Waals surface area (Å²) in [5.74, 6) is 1.68. The molecule has 1 saturated carbocycles. The highest BCUT2D eigenvalue weighted by Gasteiger charge is 2.24. The third kappa shape index (κ3) is 5.87. The lowest BCUT2D eigenvalue weighted by molar-refractivity contribution is -0.00968. The van der Waals surface area contributed by atoms with Crippen molar-refractivity contribution in [3.05, 3.63) is 0 Å². The molecular weight excluding hydrogens is 210 g/mol. The maximum Gasteiger partial charge on any atom is 0.0623 e. The van der Waals surface area contributed by atoms with Crippen molar-refractivity contribution in [2.75, 3.05) is 13.2 Å². The van der Waals surface area contributed by atoms with Crippen LogP contribution in [0.1, 0.15) is 59.8 Å². The van der Waals surface area contributed by atoms with Crippen molar-refractivity contribution in [1.82, 2.24) is 5.32 Å². The number of likely N-dealkylation sites (N-methyl/N-ethyl adjacent to an activating group) is 1. The van der Waals surface area contributed by atoms with Gasteiger partial charge in [0.2, 0.25) is 0 Å². The first-order valence-corrected chi connectivity index (χ1v) is 7.50. The van der Waals surface area contributed by atoms with E-state index in [2.05, 4.69) is 33.0 Å². The highest BCUT2D eigenvalue weighted by molar-refractivity contribution is 4.76. The average molecular weight is 241 g/mol. The summed E-state index contributed by atoms with van der Waals surface area (Å²) in [4.78, 5) is 0. The number of nitrogens with one attached hydrogen (secondary N) is 1. The second kappa shape index (κ2) is 8.10. The zero-order valence-corrected chi connectivity index (χ0v) is 12.2. The predicted molar refractivity (Wildman–Crippen MR) is 74.3 cm³/mol. The minimum absolute atomic E-state index is 0.506. The Morgan fingerprint density at radius 2 is 1.76 bits per heavy atom. The van der Waals surface area contributed by atoms with Crippen LogP contribution in [-0.4, -0.2) is 25.3 Å². The average Bonchev–Trinajstić information content (AvgIpc) is 2.25. The van der Waals surface area contributed by atoms with Crippen LogP contribution in [0.5, 0.6) is 0 Å². The van der Waals surface area contributed by atoms with E-state index in [-0.39, 0.29) is 0 Å². The lowest BCUT2D eigenvalue weighted by atomic mass is 9.82. The van der Waals surface area contributed by atoms with Gasteiger partial charge >= 0.3 is 0 Å². The van der Waals surface area contributed by atoms with E-state index in [1.54, 1.807) is 0 Å². The molecule has 0 heterocycles. The first-order chi connectivity index (χ1) is 8.15. The summed E-state index contributed by atoms with van der Waals surface area (Å²) in [7, 11) is 0. The van der Waals surface area contributed by atoms with Gasteiger partial charge in [0.15, 0.2) is 0 Å². The van der Waals surface area contributed by atoms with Crippen LogP contribution in [0.2, 0.25) is 0 Å². The molecule has 0 aromatic heterocycles. The van der Waals surface area contributed by atoms with E-state index in [4.69, 9.17) is 4.74 Å². The molecular formula is C15H31NO. The van der Waals surface area contributed by atoms with Gasteiger partial charge in [0.05, 0.1) is 12.7 Å². The van der Waals surface area contributed by atoms with Crippen molar-refractivity contribution in [3.8, 4) is 0 Å². The molecule has 1 rings (SSSR count). The zero-order chi connectivity index (χ0) is 12.7. The smallest absolute Gasteiger partial charge is 0.0623 e. The van der Waals surface area contributed by atoms with Crippen molar-refractivity contribution in [3.63, 3.8) is 0 Å². The van der Waals surface area contributed by atoms with Crippen LogP contribution >= 0.6 is 0 Å². The highest BCUT2D eigenvalue weighted by atomic mass is 16.5. The Bertz CT molecular complexity index is 179. The van der Waals surface area contributed by atoms with E-state index in [9.17, 15) is 0 Å². The summed E-state index contributed by atoms with van der Waals surface area (Å²) in [5.41, 5.74) is 0. The van der Waals surface area contributed by atoms with E-state index in [0.29, 0.717) is 12.1 Å². The number of hydrogen-bond donors (Lipinski definition) is 1. The lowest BCUT2D eigenvalue weighted by Gasteiger charge is -2.32. The third-order valence-electron chi connectivity index (χ3n) is 3.80. The molecule has 0 bridgehead atoms. The summed E-state index contributed by atoms with van der Waals surface area (Å²) in [6, 6.07) is 0.553. The largest absolute Gasteiger partial charge is 0.377 e. The topological polar surface area (TPSA) is 21.3 Å². The standard InChI is InChI=1S/C15H31NO/c1-5-7-14(16-6-2)11-17-15-9-12(3)8-13(4)10-15/h12-16H,5-11H2,1-4H3. The van der Waals surface area contributed by atoms with Gasteiger partial charge in [-0.2, -0.15) is 0 Å². The van der Waals surface area contributed by atoms with E-state index >= 15 is 0 Å². The van der Waals surface area contributed by atoms with Crippen molar-refractivity contribution >= 4 is 0 Å². The van der Waals surface area contributed by atoms with Gasteiger partial charge in [0.1, 0.15) is 0 Å². The van der Waals surface area contributed by atoms with Crippen LogP contribution < -0.4 is 5.32 Å². The Hall–Kier alpha value is -0.0800. The maximum absolute atomic E-state index is 6.13. The molecule has 1 fully saturated rings. The Morgan fingerprint density at radius 3 is 2.29 bits per heavy atom. The van der Waals surface area contributed by atoms with Crippen molar-refractivity contribution < 1.29 is 4.74 Å². The summed E-state index contributed by atoms with van der Waals surface area (Å²) >= 11 is 0. The molecule has 0 saturated heterocycles. The number of hydrogen-bond acceptors (Lipinski definition) is 2. The molecule has 0 spiro atoms.